The lowest BCUT2D eigenvalue weighted by molar-refractivity contribution is 0.415. The molecule has 0 amide bonds. The molecule has 4 heteroatoms. The van der Waals surface area contributed by atoms with Gasteiger partial charge in [-0.1, -0.05) is 0 Å². The smallest absolute Gasteiger partial charge is 0.121 e. The number of nitrogens with one attached hydrogen (secondary N) is 1. The fourth-order valence-corrected chi connectivity index (χ4v) is 2.75. The highest BCUT2D eigenvalue weighted by atomic mass is 79.9. The van der Waals surface area contributed by atoms with Crippen LogP contribution in [0.4, 0.5) is 5.69 Å². The molecule has 0 fully saturated rings. The Balaban J connectivity index is 2.07. The molecule has 0 radical (unpaired) electrons. The van der Waals surface area contributed by atoms with E-state index in [9.17, 15) is 0 Å². The SMILES string of the molecule is COc1ccc(Br)c(NCc2ccc(C)s2)c1. The Morgan fingerprint density at radius 2 is 2.12 bits per heavy atom. The van der Waals surface area contributed by atoms with E-state index in [1.165, 1.54) is 9.75 Å². The van der Waals surface area contributed by atoms with E-state index < -0.39 is 0 Å². The first-order valence-corrected chi connectivity index (χ1v) is 6.92. The quantitative estimate of drug-likeness (QED) is 0.901. The molecule has 0 saturated carbocycles. The Morgan fingerprint density at radius 1 is 1.29 bits per heavy atom. The molecule has 0 aliphatic rings. The monoisotopic (exact) mass is 311 g/mol. The molecule has 0 atom stereocenters. The number of hydrogen-bond acceptors (Lipinski definition) is 3. The molecular formula is C13H14BrNOS. The summed E-state index contributed by atoms with van der Waals surface area (Å²) >= 11 is 5.34. The van der Waals surface area contributed by atoms with Crippen molar-refractivity contribution in [1.82, 2.24) is 0 Å². The third kappa shape index (κ3) is 3.23. The highest BCUT2D eigenvalue weighted by Crippen LogP contribution is 2.28. The molecular weight excluding hydrogens is 298 g/mol. The van der Waals surface area contributed by atoms with Crippen LogP contribution >= 0.6 is 27.3 Å². The zero-order valence-corrected chi connectivity index (χ0v) is 12.2. The van der Waals surface area contributed by atoms with Crippen LogP contribution in [-0.4, -0.2) is 7.11 Å². The first-order chi connectivity index (χ1) is 8.19. The van der Waals surface area contributed by atoms with Crippen LogP contribution in [0.3, 0.4) is 0 Å². The summed E-state index contributed by atoms with van der Waals surface area (Å²) in [5.74, 6) is 0.859. The lowest BCUT2D eigenvalue weighted by Gasteiger charge is -2.09. The summed E-state index contributed by atoms with van der Waals surface area (Å²) in [7, 11) is 1.68. The van der Waals surface area contributed by atoms with Gasteiger partial charge >= 0.3 is 0 Å². The third-order valence-corrected chi connectivity index (χ3v) is 4.11. The van der Waals surface area contributed by atoms with E-state index >= 15 is 0 Å². The van der Waals surface area contributed by atoms with Gasteiger partial charge in [0.05, 0.1) is 12.8 Å². The minimum atomic E-state index is 0.838. The van der Waals surface area contributed by atoms with Gasteiger partial charge in [-0.05, 0) is 47.1 Å². The standard InChI is InChI=1S/C13H14BrNOS/c1-9-3-5-11(17-9)8-15-13-7-10(16-2)4-6-12(13)14/h3-7,15H,8H2,1-2H3. The van der Waals surface area contributed by atoms with E-state index in [1.807, 2.05) is 29.5 Å². The Bertz CT molecular complexity index is 510. The Labute approximate surface area is 114 Å². The summed E-state index contributed by atoms with van der Waals surface area (Å²) in [5.41, 5.74) is 1.05. The molecule has 0 aliphatic carbocycles. The fourth-order valence-electron chi connectivity index (χ4n) is 1.53. The average Bonchev–Trinajstić information content (AvgIpc) is 2.74. The van der Waals surface area contributed by atoms with E-state index in [2.05, 4.69) is 40.3 Å². The van der Waals surface area contributed by atoms with Crippen molar-refractivity contribution in [3.8, 4) is 5.75 Å². The van der Waals surface area contributed by atoms with Gasteiger partial charge in [-0.3, -0.25) is 0 Å². The van der Waals surface area contributed by atoms with E-state index in [-0.39, 0.29) is 0 Å². The minimum Gasteiger partial charge on any atom is -0.497 e. The molecule has 1 aromatic carbocycles. The summed E-state index contributed by atoms with van der Waals surface area (Å²) in [6.07, 6.45) is 0. The van der Waals surface area contributed by atoms with Gasteiger partial charge in [-0.2, -0.15) is 0 Å². The van der Waals surface area contributed by atoms with Crippen LogP contribution in [0.5, 0.6) is 5.75 Å². The number of aryl methyl sites for hydroxylation is 1. The van der Waals surface area contributed by atoms with Crippen molar-refractivity contribution in [2.45, 2.75) is 13.5 Å². The van der Waals surface area contributed by atoms with Crippen LogP contribution in [0, 0.1) is 6.92 Å². The van der Waals surface area contributed by atoms with Crippen LogP contribution in [0.15, 0.2) is 34.8 Å². The van der Waals surface area contributed by atoms with E-state index in [1.54, 1.807) is 7.11 Å². The van der Waals surface area contributed by atoms with E-state index in [4.69, 9.17) is 4.74 Å². The normalized spacial score (nSPS) is 10.3. The van der Waals surface area contributed by atoms with Crippen molar-refractivity contribution in [2.24, 2.45) is 0 Å². The van der Waals surface area contributed by atoms with Gasteiger partial charge in [0.15, 0.2) is 0 Å². The second-order valence-corrected chi connectivity index (χ2v) is 5.94. The highest BCUT2D eigenvalue weighted by molar-refractivity contribution is 9.10. The second-order valence-electron chi connectivity index (χ2n) is 3.71. The molecule has 2 rings (SSSR count). The topological polar surface area (TPSA) is 21.3 Å². The number of hydrogen-bond donors (Lipinski definition) is 1. The van der Waals surface area contributed by atoms with Gasteiger partial charge in [0.1, 0.15) is 5.75 Å². The number of anilines is 1. The number of benzene rings is 1. The van der Waals surface area contributed by atoms with Crippen LogP contribution in [0.2, 0.25) is 0 Å². The van der Waals surface area contributed by atoms with E-state index in [0.29, 0.717) is 0 Å². The van der Waals surface area contributed by atoms with Crippen LogP contribution in [-0.2, 0) is 6.54 Å². The second kappa shape index (κ2) is 5.56. The van der Waals surface area contributed by atoms with Gasteiger partial charge < -0.3 is 10.1 Å². The molecule has 0 spiro atoms. The molecule has 2 nitrogen and oxygen atoms in total. The van der Waals surface area contributed by atoms with Crippen molar-refractivity contribution in [3.63, 3.8) is 0 Å². The number of rotatable bonds is 4. The van der Waals surface area contributed by atoms with Crippen molar-refractivity contribution in [3.05, 3.63) is 44.6 Å². The molecule has 1 N–H and O–H groups in total. The lowest BCUT2D eigenvalue weighted by Crippen LogP contribution is -1.98. The molecule has 1 aromatic heterocycles. The van der Waals surface area contributed by atoms with Crippen molar-refractivity contribution in [2.75, 3.05) is 12.4 Å². The fraction of sp³-hybridized carbons (Fsp3) is 0.231. The molecule has 0 aliphatic heterocycles. The molecule has 17 heavy (non-hydrogen) atoms. The Morgan fingerprint density at radius 3 is 2.76 bits per heavy atom. The van der Waals surface area contributed by atoms with Gasteiger partial charge in [-0.15, -0.1) is 11.3 Å². The average molecular weight is 312 g/mol. The molecule has 0 unspecified atom stereocenters. The van der Waals surface area contributed by atoms with Crippen molar-refractivity contribution < 1.29 is 4.74 Å². The number of halogens is 1. The third-order valence-electron chi connectivity index (χ3n) is 2.42. The van der Waals surface area contributed by atoms with Crippen LogP contribution in [0.1, 0.15) is 9.75 Å². The zero-order chi connectivity index (χ0) is 12.3. The minimum absolute atomic E-state index is 0.838. The highest BCUT2D eigenvalue weighted by Gasteiger charge is 2.02. The summed E-state index contributed by atoms with van der Waals surface area (Å²) in [5, 5.41) is 3.40. The van der Waals surface area contributed by atoms with Gasteiger partial charge in [-0.25, -0.2) is 0 Å². The maximum atomic E-state index is 5.21. The molecule has 2 aromatic rings. The summed E-state index contributed by atoms with van der Waals surface area (Å²) in [6, 6.07) is 10.2. The maximum absolute atomic E-state index is 5.21. The van der Waals surface area contributed by atoms with Gasteiger partial charge in [0.2, 0.25) is 0 Å². The maximum Gasteiger partial charge on any atom is 0.121 e. The van der Waals surface area contributed by atoms with Gasteiger partial charge in [0.25, 0.3) is 0 Å². The predicted molar refractivity (Wildman–Crippen MR) is 77.1 cm³/mol. The van der Waals surface area contributed by atoms with E-state index in [0.717, 1.165) is 22.5 Å². The molecule has 1 heterocycles. The number of methoxy groups -OCH3 is 1. The molecule has 0 bridgehead atoms. The van der Waals surface area contributed by atoms with Gasteiger partial charge in [0, 0.05) is 26.8 Å². The predicted octanol–water partition coefficient (Wildman–Crippen LogP) is 4.44. The largest absolute Gasteiger partial charge is 0.497 e. The lowest BCUT2D eigenvalue weighted by atomic mass is 10.3. The molecule has 90 valence electrons. The number of thiophene rings is 1. The molecule has 0 saturated heterocycles. The summed E-state index contributed by atoms with van der Waals surface area (Å²) in [4.78, 5) is 2.67. The van der Waals surface area contributed by atoms with Crippen molar-refractivity contribution >= 4 is 33.0 Å². The zero-order valence-electron chi connectivity index (χ0n) is 9.79. The first-order valence-electron chi connectivity index (χ1n) is 5.32. The van der Waals surface area contributed by atoms with Crippen molar-refractivity contribution in [1.29, 1.82) is 0 Å². The summed E-state index contributed by atoms with van der Waals surface area (Å²) < 4.78 is 6.26. The summed E-state index contributed by atoms with van der Waals surface area (Å²) in [6.45, 7) is 2.96. The number of ether oxygens (including phenoxy) is 1. The Hall–Kier alpha value is -1.00. The van der Waals surface area contributed by atoms with Crippen LogP contribution < -0.4 is 10.1 Å². The van der Waals surface area contributed by atoms with Crippen LogP contribution in [0.25, 0.3) is 0 Å². The Kier molecular flexibility index (Phi) is 4.07. The first kappa shape index (κ1) is 12.5.